The van der Waals surface area contributed by atoms with Crippen LogP contribution in [0.5, 0.6) is 0 Å². The Hall–Kier alpha value is -2.21. The lowest BCUT2D eigenvalue weighted by atomic mass is 9.84. The summed E-state index contributed by atoms with van der Waals surface area (Å²) in [6.45, 7) is 2.49. The van der Waals surface area contributed by atoms with Crippen LogP contribution in [0.1, 0.15) is 62.2 Å². The van der Waals surface area contributed by atoms with E-state index in [4.69, 9.17) is 4.74 Å². The van der Waals surface area contributed by atoms with Crippen LogP contribution < -0.4 is 10.6 Å². The number of benzene rings is 1. The van der Waals surface area contributed by atoms with Gasteiger partial charge < -0.3 is 15.4 Å². The molecule has 2 amide bonds. The van der Waals surface area contributed by atoms with Gasteiger partial charge in [0.25, 0.3) is 5.91 Å². The molecule has 29 heavy (non-hydrogen) atoms. The smallest absolute Gasteiger partial charge is 0.251 e. The van der Waals surface area contributed by atoms with Crippen LogP contribution in [0.25, 0.3) is 0 Å². The summed E-state index contributed by atoms with van der Waals surface area (Å²) in [6.07, 6.45) is 7.10. The first-order chi connectivity index (χ1) is 14.1. The van der Waals surface area contributed by atoms with E-state index in [1.807, 2.05) is 13.0 Å². The van der Waals surface area contributed by atoms with Gasteiger partial charge in [-0.25, -0.2) is 0 Å². The van der Waals surface area contributed by atoms with Crippen LogP contribution in [-0.4, -0.2) is 42.9 Å². The SMILES string of the molecule is CCC1COCC(=O)C1NC(=O)[C@H](CC1CCCCC1)NC(=O)c1ccccc1. The van der Waals surface area contributed by atoms with Crippen molar-refractivity contribution in [3.05, 3.63) is 35.9 Å². The Balaban J connectivity index is 1.71. The fourth-order valence-corrected chi connectivity index (χ4v) is 4.38. The molecule has 6 nitrogen and oxygen atoms in total. The molecule has 1 aliphatic carbocycles. The number of hydrogen-bond donors (Lipinski definition) is 2. The highest BCUT2D eigenvalue weighted by molar-refractivity contribution is 5.98. The molecule has 2 N–H and O–H groups in total. The maximum absolute atomic E-state index is 13.1. The fourth-order valence-electron chi connectivity index (χ4n) is 4.38. The Bertz CT molecular complexity index is 700. The predicted molar refractivity (Wildman–Crippen MR) is 110 cm³/mol. The van der Waals surface area contributed by atoms with Crippen molar-refractivity contribution in [1.29, 1.82) is 0 Å². The van der Waals surface area contributed by atoms with Crippen LogP contribution in [0.3, 0.4) is 0 Å². The molecule has 3 atom stereocenters. The average molecular weight is 401 g/mol. The molecule has 0 bridgehead atoms. The van der Waals surface area contributed by atoms with Crippen molar-refractivity contribution in [1.82, 2.24) is 10.6 Å². The number of Topliss-reactive ketones (excluding diaryl/α,β-unsaturated/α-hetero) is 1. The van der Waals surface area contributed by atoms with E-state index in [1.165, 1.54) is 19.3 Å². The lowest BCUT2D eigenvalue weighted by Crippen LogP contribution is -2.57. The Morgan fingerprint density at radius 1 is 1.14 bits per heavy atom. The van der Waals surface area contributed by atoms with Crippen LogP contribution in [0, 0.1) is 11.8 Å². The lowest BCUT2D eigenvalue weighted by Gasteiger charge is -2.32. The molecule has 3 rings (SSSR count). The van der Waals surface area contributed by atoms with E-state index in [-0.39, 0.29) is 30.1 Å². The quantitative estimate of drug-likeness (QED) is 0.737. The van der Waals surface area contributed by atoms with Gasteiger partial charge >= 0.3 is 0 Å². The molecule has 2 aliphatic rings. The van der Waals surface area contributed by atoms with Gasteiger partial charge in [0, 0.05) is 11.5 Å². The number of carbonyl (C=O) groups is 3. The molecule has 1 saturated carbocycles. The molecule has 1 heterocycles. The molecular weight excluding hydrogens is 368 g/mol. The van der Waals surface area contributed by atoms with Crippen molar-refractivity contribution >= 4 is 17.6 Å². The standard InChI is InChI=1S/C23H32N2O4/c1-2-17-14-29-15-20(26)21(17)25-23(28)19(13-16-9-5-3-6-10-16)24-22(27)18-11-7-4-8-12-18/h4,7-8,11-12,16-17,19,21H,2-3,5-6,9-10,13-15H2,1H3,(H,24,27)(H,25,28)/t17?,19-,21?/m0/s1. The van der Waals surface area contributed by atoms with Gasteiger partial charge in [0.05, 0.1) is 12.6 Å². The highest BCUT2D eigenvalue weighted by Gasteiger charge is 2.35. The van der Waals surface area contributed by atoms with Gasteiger partial charge in [0.2, 0.25) is 5.91 Å². The third-order valence-corrected chi connectivity index (χ3v) is 6.17. The molecule has 0 spiro atoms. The molecule has 158 valence electrons. The third kappa shape index (κ3) is 5.89. The zero-order valence-corrected chi connectivity index (χ0v) is 17.2. The number of hydrogen-bond acceptors (Lipinski definition) is 4. The summed E-state index contributed by atoms with van der Waals surface area (Å²) < 4.78 is 5.33. The minimum atomic E-state index is -0.640. The number of ketones is 1. The second-order valence-electron chi connectivity index (χ2n) is 8.27. The molecule has 1 aliphatic heterocycles. The molecule has 2 unspecified atom stereocenters. The van der Waals surface area contributed by atoms with Gasteiger partial charge in [0.15, 0.2) is 5.78 Å². The van der Waals surface area contributed by atoms with Crippen molar-refractivity contribution in [2.24, 2.45) is 11.8 Å². The molecule has 1 aromatic carbocycles. The van der Waals surface area contributed by atoms with Crippen molar-refractivity contribution in [3.8, 4) is 0 Å². The highest BCUT2D eigenvalue weighted by atomic mass is 16.5. The molecule has 1 saturated heterocycles. The topological polar surface area (TPSA) is 84.5 Å². The van der Waals surface area contributed by atoms with Crippen molar-refractivity contribution in [2.45, 2.75) is 64.0 Å². The van der Waals surface area contributed by atoms with Crippen molar-refractivity contribution in [3.63, 3.8) is 0 Å². The van der Waals surface area contributed by atoms with Crippen molar-refractivity contribution in [2.75, 3.05) is 13.2 Å². The monoisotopic (exact) mass is 400 g/mol. The first-order valence-electron chi connectivity index (χ1n) is 10.8. The van der Waals surface area contributed by atoms with Gasteiger partial charge in [-0.15, -0.1) is 0 Å². The molecule has 0 aromatic heterocycles. The Morgan fingerprint density at radius 2 is 1.86 bits per heavy atom. The summed E-state index contributed by atoms with van der Waals surface area (Å²) in [5.41, 5.74) is 0.530. The zero-order valence-electron chi connectivity index (χ0n) is 17.2. The summed E-state index contributed by atoms with van der Waals surface area (Å²) >= 11 is 0. The van der Waals surface area contributed by atoms with E-state index in [9.17, 15) is 14.4 Å². The minimum Gasteiger partial charge on any atom is -0.373 e. The van der Waals surface area contributed by atoms with E-state index in [0.29, 0.717) is 24.5 Å². The van der Waals surface area contributed by atoms with Gasteiger partial charge in [-0.2, -0.15) is 0 Å². The van der Waals surface area contributed by atoms with Gasteiger partial charge in [-0.3, -0.25) is 14.4 Å². The van der Waals surface area contributed by atoms with E-state index >= 15 is 0 Å². The van der Waals surface area contributed by atoms with Crippen molar-refractivity contribution < 1.29 is 19.1 Å². The second-order valence-corrected chi connectivity index (χ2v) is 8.27. The first kappa shape index (κ1) is 21.5. The van der Waals surface area contributed by atoms with Crippen LogP contribution in [0.2, 0.25) is 0 Å². The third-order valence-electron chi connectivity index (χ3n) is 6.17. The molecule has 1 aromatic rings. The Labute approximate surface area is 172 Å². The number of nitrogens with one attached hydrogen (secondary N) is 2. The molecule has 0 radical (unpaired) electrons. The molecule has 6 heteroatoms. The number of ether oxygens (including phenoxy) is 1. The summed E-state index contributed by atoms with van der Waals surface area (Å²) in [7, 11) is 0. The van der Waals surface area contributed by atoms with E-state index < -0.39 is 12.1 Å². The average Bonchev–Trinajstić information content (AvgIpc) is 2.76. The Kier molecular flexibility index (Phi) is 7.81. The van der Waals surface area contributed by atoms with Gasteiger partial charge in [-0.1, -0.05) is 57.2 Å². The summed E-state index contributed by atoms with van der Waals surface area (Å²) in [5, 5.41) is 5.86. The first-order valence-corrected chi connectivity index (χ1v) is 10.8. The maximum atomic E-state index is 13.1. The van der Waals surface area contributed by atoms with E-state index in [0.717, 1.165) is 19.3 Å². The fraction of sp³-hybridized carbons (Fsp3) is 0.609. The number of amides is 2. The van der Waals surface area contributed by atoms with Crippen LogP contribution in [-0.2, 0) is 14.3 Å². The maximum Gasteiger partial charge on any atom is 0.251 e. The van der Waals surface area contributed by atoms with Crippen LogP contribution >= 0.6 is 0 Å². The summed E-state index contributed by atoms with van der Waals surface area (Å²) in [4.78, 5) is 38.2. The number of carbonyl (C=O) groups excluding carboxylic acids is 3. The van der Waals surface area contributed by atoms with E-state index in [1.54, 1.807) is 24.3 Å². The Morgan fingerprint density at radius 3 is 2.55 bits per heavy atom. The summed E-state index contributed by atoms with van der Waals surface area (Å²) in [6, 6.07) is 7.75. The molecule has 2 fully saturated rings. The highest BCUT2D eigenvalue weighted by Crippen LogP contribution is 2.27. The van der Waals surface area contributed by atoms with Gasteiger partial charge in [-0.05, 0) is 30.9 Å². The largest absolute Gasteiger partial charge is 0.373 e. The zero-order chi connectivity index (χ0) is 20.6. The van der Waals surface area contributed by atoms with Crippen LogP contribution in [0.15, 0.2) is 30.3 Å². The van der Waals surface area contributed by atoms with Gasteiger partial charge in [0.1, 0.15) is 12.6 Å². The normalized spacial score (nSPS) is 24.0. The predicted octanol–water partition coefficient (Wildman–Crippen LogP) is 2.87. The van der Waals surface area contributed by atoms with E-state index in [2.05, 4.69) is 10.6 Å². The minimum absolute atomic E-state index is 0.0274. The second kappa shape index (κ2) is 10.5. The summed E-state index contributed by atoms with van der Waals surface area (Å²) in [5.74, 6) is -0.226. The number of rotatable bonds is 7. The van der Waals surface area contributed by atoms with Crippen LogP contribution in [0.4, 0.5) is 0 Å². The lowest BCUT2D eigenvalue weighted by molar-refractivity contribution is -0.138. The molecular formula is C23H32N2O4.